The number of imidazole rings is 1. The molecule has 0 fully saturated rings. The summed E-state index contributed by atoms with van der Waals surface area (Å²) >= 11 is 0. The molecule has 0 aliphatic heterocycles. The molecule has 6 nitrogen and oxygen atoms in total. The molecule has 19 heavy (non-hydrogen) atoms. The van der Waals surface area contributed by atoms with Gasteiger partial charge in [-0.05, 0) is 24.6 Å². The first-order valence-corrected chi connectivity index (χ1v) is 5.98. The number of hydrogen-bond acceptors (Lipinski definition) is 3. The summed E-state index contributed by atoms with van der Waals surface area (Å²) in [5, 5.41) is 11.2. The molecule has 0 radical (unpaired) electrons. The van der Waals surface area contributed by atoms with Gasteiger partial charge in [0.25, 0.3) is 0 Å². The van der Waals surface area contributed by atoms with E-state index in [9.17, 15) is 9.59 Å². The lowest BCUT2D eigenvalue weighted by Gasteiger charge is -2.04. The largest absolute Gasteiger partial charge is 0.481 e. The fraction of sp³-hybridized carbons (Fsp3) is 0.308. The van der Waals surface area contributed by atoms with E-state index >= 15 is 0 Å². The molecule has 1 heterocycles. The van der Waals surface area contributed by atoms with E-state index in [4.69, 9.17) is 5.11 Å². The molecule has 6 heteroatoms. The molecule has 0 aliphatic carbocycles. The minimum absolute atomic E-state index is 0.000737. The Labute approximate surface area is 109 Å². The molecule has 100 valence electrons. The molecule has 1 amide bonds. The maximum atomic E-state index is 11.4. The van der Waals surface area contributed by atoms with Crippen LogP contribution in [0.4, 0.5) is 0 Å². The Hall–Kier alpha value is -2.37. The van der Waals surface area contributed by atoms with Crippen molar-refractivity contribution in [2.75, 3.05) is 0 Å². The van der Waals surface area contributed by atoms with Gasteiger partial charge >= 0.3 is 5.97 Å². The van der Waals surface area contributed by atoms with Crippen molar-refractivity contribution in [2.45, 2.75) is 26.3 Å². The zero-order valence-corrected chi connectivity index (χ0v) is 10.6. The first-order valence-electron chi connectivity index (χ1n) is 5.98. The van der Waals surface area contributed by atoms with Gasteiger partial charge in [-0.25, -0.2) is 4.98 Å². The summed E-state index contributed by atoms with van der Waals surface area (Å²) < 4.78 is 0. The van der Waals surface area contributed by atoms with Crippen LogP contribution in [-0.2, 0) is 16.1 Å². The summed E-state index contributed by atoms with van der Waals surface area (Å²) in [6.45, 7) is 2.26. The first kappa shape index (κ1) is 13.1. The third kappa shape index (κ3) is 3.54. The SMILES string of the molecule is Cc1nc2ccc(CNC(=O)CCC(=O)O)cc2[nH]1. The summed E-state index contributed by atoms with van der Waals surface area (Å²) in [5.74, 6) is -0.384. The highest BCUT2D eigenvalue weighted by atomic mass is 16.4. The average Bonchev–Trinajstić information content (AvgIpc) is 2.73. The number of aryl methyl sites for hydroxylation is 1. The number of fused-ring (bicyclic) bond motifs is 1. The number of aliphatic carboxylic acids is 1. The highest BCUT2D eigenvalue weighted by molar-refractivity contribution is 5.81. The lowest BCUT2D eigenvalue weighted by Crippen LogP contribution is -2.23. The number of rotatable bonds is 5. The number of aromatic amines is 1. The van der Waals surface area contributed by atoms with Crippen molar-refractivity contribution in [1.82, 2.24) is 15.3 Å². The number of amides is 1. The van der Waals surface area contributed by atoms with Gasteiger partial charge in [-0.2, -0.15) is 0 Å². The van der Waals surface area contributed by atoms with Crippen LogP contribution in [0.15, 0.2) is 18.2 Å². The number of carbonyl (C=O) groups is 2. The highest BCUT2D eigenvalue weighted by Gasteiger charge is 2.06. The number of nitrogens with one attached hydrogen (secondary N) is 2. The molecule has 0 bridgehead atoms. The summed E-state index contributed by atoms with van der Waals surface area (Å²) in [6, 6.07) is 5.70. The van der Waals surface area contributed by atoms with Crippen LogP contribution in [0.1, 0.15) is 24.2 Å². The lowest BCUT2D eigenvalue weighted by atomic mass is 10.2. The summed E-state index contributed by atoms with van der Waals surface area (Å²) in [5.41, 5.74) is 2.76. The van der Waals surface area contributed by atoms with Crippen LogP contribution < -0.4 is 5.32 Å². The average molecular weight is 261 g/mol. The molecule has 0 unspecified atom stereocenters. The molecule has 2 rings (SSSR count). The van der Waals surface area contributed by atoms with Crippen molar-refractivity contribution in [2.24, 2.45) is 0 Å². The smallest absolute Gasteiger partial charge is 0.303 e. The van der Waals surface area contributed by atoms with Gasteiger partial charge in [-0.15, -0.1) is 0 Å². The molecular weight excluding hydrogens is 246 g/mol. The van der Waals surface area contributed by atoms with Crippen LogP contribution in [0.25, 0.3) is 11.0 Å². The van der Waals surface area contributed by atoms with E-state index < -0.39 is 5.97 Å². The number of H-pyrrole nitrogens is 1. The normalized spacial score (nSPS) is 10.6. The first-order chi connectivity index (χ1) is 9.04. The molecular formula is C13H15N3O3. The standard InChI is InChI=1S/C13H15N3O3/c1-8-15-10-3-2-9(6-11(10)16-8)7-14-12(17)4-5-13(18)19/h2-3,6H,4-5,7H2,1H3,(H,14,17)(H,15,16)(H,18,19). The number of nitrogens with zero attached hydrogens (tertiary/aromatic N) is 1. The van der Waals surface area contributed by atoms with Crippen LogP contribution >= 0.6 is 0 Å². The minimum Gasteiger partial charge on any atom is -0.481 e. The predicted molar refractivity (Wildman–Crippen MR) is 69.5 cm³/mol. The molecule has 0 saturated heterocycles. The van der Waals surface area contributed by atoms with E-state index in [1.807, 2.05) is 25.1 Å². The summed E-state index contributed by atoms with van der Waals surface area (Å²) in [7, 11) is 0. The molecule has 0 saturated carbocycles. The van der Waals surface area contributed by atoms with Crippen molar-refractivity contribution < 1.29 is 14.7 Å². The fourth-order valence-corrected chi connectivity index (χ4v) is 1.80. The van der Waals surface area contributed by atoms with Crippen LogP contribution in [0, 0.1) is 6.92 Å². The van der Waals surface area contributed by atoms with Gasteiger partial charge in [0, 0.05) is 13.0 Å². The van der Waals surface area contributed by atoms with Gasteiger partial charge in [0.1, 0.15) is 5.82 Å². The molecule has 1 aromatic heterocycles. The van der Waals surface area contributed by atoms with E-state index in [-0.39, 0.29) is 18.7 Å². The van der Waals surface area contributed by atoms with Crippen molar-refractivity contribution in [3.05, 3.63) is 29.6 Å². The number of benzene rings is 1. The van der Waals surface area contributed by atoms with E-state index in [0.717, 1.165) is 22.4 Å². The summed E-state index contributed by atoms with van der Waals surface area (Å²) in [6.07, 6.45) is -0.147. The maximum absolute atomic E-state index is 11.4. The van der Waals surface area contributed by atoms with Crippen molar-refractivity contribution in [1.29, 1.82) is 0 Å². The number of carboxylic acids is 1. The van der Waals surface area contributed by atoms with E-state index in [2.05, 4.69) is 15.3 Å². The Morgan fingerprint density at radius 1 is 1.37 bits per heavy atom. The lowest BCUT2D eigenvalue weighted by molar-refractivity contribution is -0.138. The quantitative estimate of drug-likeness (QED) is 0.757. The molecule has 1 aromatic carbocycles. The van der Waals surface area contributed by atoms with Crippen molar-refractivity contribution in [3.8, 4) is 0 Å². The zero-order valence-electron chi connectivity index (χ0n) is 10.6. The Morgan fingerprint density at radius 2 is 2.16 bits per heavy atom. The number of carbonyl (C=O) groups excluding carboxylic acids is 1. The molecule has 3 N–H and O–H groups in total. The van der Waals surface area contributed by atoms with Crippen LogP contribution in [0.5, 0.6) is 0 Å². The van der Waals surface area contributed by atoms with Crippen LogP contribution in [0.3, 0.4) is 0 Å². The Balaban J connectivity index is 1.94. The zero-order chi connectivity index (χ0) is 13.8. The Morgan fingerprint density at radius 3 is 2.89 bits per heavy atom. The second kappa shape index (κ2) is 5.51. The number of aromatic nitrogens is 2. The van der Waals surface area contributed by atoms with Gasteiger partial charge < -0.3 is 15.4 Å². The van der Waals surface area contributed by atoms with E-state index in [0.29, 0.717) is 6.54 Å². The summed E-state index contributed by atoms with van der Waals surface area (Å²) in [4.78, 5) is 29.1. The fourth-order valence-electron chi connectivity index (χ4n) is 1.80. The monoisotopic (exact) mass is 261 g/mol. The molecule has 0 aliphatic rings. The van der Waals surface area contributed by atoms with Crippen LogP contribution in [0.2, 0.25) is 0 Å². The van der Waals surface area contributed by atoms with Gasteiger partial charge in [0.2, 0.25) is 5.91 Å². The Kier molecular flexibility index (Phi) is 3.79. The Bertz CT molecular complexity index is 619. The number of hydrogen-bond donors (Lipinski definition) is 3. The van der Waals surface area contributed by atoms with Gasteiger partial charge in [-0.1, -0.05) is 6.07 Å². The number of carboxylic acid groups (broad SMARTS) is 1. The minimum atomic E-state index is -0.968. The molecule has 0 spiro atoms. The highest BCUT2D eigenvalue weighted by Crippen LogP contribution is 2.13. The second-order valence-electron chi connectivity index (χ2n) is 4.34. The van der Waals surface area contributed by atoms with Gasteiger partial charge in [0.15, 0.2) is 0 Å². The third-order valence-electron chi connectivity index (χ3n) is 2.72. The topological polar surface area (TPSA) is 95.1 Å². The van der Waals surface area contributed by atoms with Crippen LogP contribution in [-0.4, -0.2) is 27.0 Å². The molecule has 2 aromatic rings. The maximum Gasteiger partial charge on any atom is 0.303 e. The van der Waals surface area contributed by atoms with Gasteiger partial charge in [0.05, 0.1) is 17.5 Å². The van der Waals surface area contributed by atoms with Crippen molar-refractivity contribution >= 4 is 22.9 Å². The molecule has 0 atom stereocenters. The second-order valence-corrected chi connectivity index (χ2v) is 4.34. The predicted octanol–water partition coefficient (Wildman–Crippen LogP) is 1.35. The third-order valence-corrected chi connectivity index (χ3v) is 2.72. The van der Waals surface area contributed by atoms with E-state index in [1.54, 1.807) is 0 Å². The van der Waals surface area contributed by atoms with Gasteiger partial charge in [-0.3, -0.25) is 9.59 Å². The van der Waals surface area contributed by atoms with Crippen molar-refractivity contribution in [3.63, 3.8) is 0 Å². The van der Waals surface area contributed by atoms with E-state index in [1.165, 1.54) is 0 Å².